The van der Waals surface area contributed by atoms with Gasteiger partial charge in [0.15, 0.2) is 5.60 Å². The number of nitrogens with zero attached hydrogens (tertiary/aromatic N) is 1. The van der Waals surface area contributed by atoms with Crippen molar-refractivity contribution in [3.63, 3.8) is 0 Å². The molecule has 0 aliphatic carbocycles. The van der Waals surface area contributed by atoms with Crippen LogP contribution in [0.25, 0.3) is 0 Å². The van der Waals surface area contributed by atoms with Gasteiger partial charge in [-0.25, -0.2) is 8.42 Å². The number of aryl methyl sites for hydroxylation is 1. The van der Waals surface area contributed by atoms with Gasteiger partial charge in [-0.15, -0.1) is 0 Å². The van der Waals surface area contributed by atoms with Crippen molar-refractivity contribution in [3.05, 3.63) is 96.1 Å². The summed E-state index contributed by atoms with van der Waals surface area (Å²) in [6.45, 7) is 0.376. The van der Waals surface area contributed by atoms with Crippen LogP contribution < -0.4 is 4.74 Å². The van der Waals surface area contributed by atoms with Gasteiger partial charge in [-0.2, -0.15) is 4.31 Å². The number of benzene rings is 3. The number of carbonyl (C=O) groups is 1. The smallest absolute Gasteiger partial charge is 0.303 e. The quantitative estimate of drug-likeness (QED) is 0.581. The average molecular weight is 438 g/mol. The van der Waals surface area contributed by atoms with Crippen molar-refractivity contribution >= 4 is 16.0 Å². The van der Waals surface area contributed by atoms with E-state index in [2.05, 4.69) is 0 Å². The Hall–Kier alpha value is -3.16. The molecular formula is C24H23NO5S. The van der Waals surface area contributed by atoms with E-state index < -0.39 is 21.6 Å². The number of ether oxygens (including phenoxy) is 1. The van der Waals surface area contributed by atoms with Crippen LogP contribution in [0.1, 0.15) is 17.5 Å². The monoisotopic (exact) mass is 437 g/mol. The van der Waals surface area contributed by atoms with Crippen LogP contribution >= 0.6 is 0 Å². The zero-order chi connectivity index (χ0) is 21.9. The maximum atomic E-state index is 13.2. The second kappa shape index (κ2) is 8.53. The van der Waals surface area contributed by atoms with Gasteiger partial charge in [-0.05, 0) is 41.8 Å². The largest absolute Gasteiger partial charge is 0.481 e. The third kappa shape index (κ3) is 4.47. The molecule has 1 aliphatic heterocycles. The van der Waals surface area contributed by atoms with E-state index >= 15 is 0 Å². The number of hydrogen-bond donors (Lipinski definition) is 1. The zero-order valence-electron chi connectivity index (χ0n) is 16.8. The van der Waals surface area contributed by atoms with Gasteiger partial charge in [-0.1, -0.05) is 60.7 Å². The highest BCUT2D eigenvalue weighted by Crippen LogP contribution is 2.40. The third-order valence-corrected chi connectivity index (χ3v) is 7.17. The highest BCUT2D eigenvalue weighted by atomic mass is 32.2. The Morgan fingerprint density at radius 2 is 1.58 bits per heavy atom. The lowest BCUT2D eigenvalue weighted by Crippen LogP contribution is -2.63. The lowest BCUT2D eigenvalue weighted by atomic mass is 9.87. The van der Waals surface area contributed by atoms with Gasteiger partial charge in [0.05, 0.1) is 18.0 Å². The van der Waals surface area contributed by atoms with E-state index in [-0.39, 0.29) is 30.8 Å². The lowest BCUT2D eigenvalue weighted by Gasteiger charge is -2.48. The molecule has 3 aromatic carbocycles. The first-order valence-electron chi connectivity index (χ1n) is 10.00. The van der Waals surface area contributed by atoms with Crippen LogP contribution in [-0.4, -0.2) is 36.9 Å². The predicted molar refractivity (Wildman–Crippen MR) is 116 cm³/mol. The molecule has 7 heteroatoms. The summed E-state index contributed by atoms with van der Waals surface area (Å²) in [6.07, 6.45) is 0.235. The topological polar surface area (TPSA) is 83.9 Å². The van der Waals surface area contributed by atoms with E-state index in [1.807, 2.05) is 60.7 Å². The second-order valence-corrected chi connectivity index (χ2v) is 9.53. The van der Waals surface area contributed by atoms with Crippen LogP contribution in [0.3, 0.4) is 0 Å². The van der Waals surface area contributed by atoms with Crippen molar-refractivity contribution in [2.45, 2.75) is 23.3 Å². The van der Waals surface area contributed by atoms with Gasteiger partial charge in [0, 0.05) is 6.42 Å². The highest BCUT2D eigenvalue weighted by molar-refractivity contribution is 7.89. The molecule has 0 spiro atoms. The van der Waals surface area contributed by atoms with Gasteiger partial charge >= 0.3 is 5.97 Å². The van der Waals surface area contributed by atoms with Crippen LogP contribution in [0.15, 0.2) is 89.8 Å². The predicted octanol–water partition coefficient (Wildman–Crippen LogP) is 3.68. The Morgan fingerprint density at radius 1 is 0.935 bits per heavy atom. The maximum absolute atomic E-state index is 13.2. The van der Waals surface area contributed by atoms with Crippen molar-refractivity contribution in [2.75, 3.05) is 13.1 Å². The van der Waals surface area contributed by atoms with Crippen molar-refractivity contribution in [2.24, 2.45) is 0 Å². The molecule has 0 radical (unpaired) electrons. The van der Waals surface area contributed by atoms with Crippen LogP contribution in [-0.2, 0) is 26.8 Å². The van der Waals surface area contributed by atoms with Crippen molar-refractivity contribution in [1.29, 1.82) is 0 Å². The first kappa shape index (κ1) is 21.1. The van der Waals surface area contributed by atoms with Gasteiger partial charge < -0.3 is 9.84 Å². The van der Waals surface area contributed by atoms with Gasteiger partial charge in [0.2, 0.25) is 10.0 Å². The van der Waals surface area contributed by atoms with Crippen molar-refractivity contribution in [3.8, 4) is 5.75 Å². The van der Waals surface area contributed by atoms with Crippen LogP contribution in [0.4, 0.5) is 0 Å². The Morgan fingerprint density at radius 3 is 2.23 bits per heavy atom. The maximum Gasteiger partial charge on any atom is 0.303 e. The molecule has 1 fully saturated rings. The molecule has 3 aromatic rings. The number of rotatable bonds is 8. The first-order valence-corrected chi connectivity index (χ1v) is 11.4. The normalized spacial score (nSPS) is 15.7. The van der Waals surface area contributed by atoms with E-state index in [1.54, 1.807) is 24.3 Å². The molecule has 1 aliphatic rings. The number of hydrogen-bond acceptors (Lipinski definition) is 4. The van der Waals surface area contributed by atoms with Gasteiger partial charge in [-0.3, -0.25) is 4.79 Å². The SMILES string of the molecule is O=C(O)CCc1cccc(S(=O)(=O)N2CC(Oc3ccccc3)(c3ccccc3)C2)c1. The number of para-hydroxylation sites is 1. The summed E-state index contributed by atoms with van der Waals surface area (Å²) in [5.74, 6) is -0.235. The fourth-order valence-corrected chi connectivity index (χ4v) is 5.32. The molecule has 160 valence electrons. The van der Waals surface area contributed by atoms with Crippen molar-refractivity contribution in [1.82, 2.24) is 4.31 Å². The van der Waals surface area contributed by atoms with E-state index in [0.29, 0.717) is 11.3 Å². The minimum atomic E-state index is -3.73. The fourth-order valence-electron chi connectivity index (χ4n) is 3.72. The second-order valence-electron chi connectivity index (χ2n) is 7.59. The van der Waals surface area contributed by atoms with Gasteiger partial charge in [0.25, 0.3) is 0 Å². The van der Waals surface area contributed by atoms with E-state index in [0.717, 1.165) is 5.56 Å². The van der Waals surface area contributed by atoms with Gasteiger partial charge in [0.1, 0.15) is 5.75 Å². The van der Waals surface area contributed by atoms with Crippen LogP contribution in [0.2, 0.25) is 0 Å². The molecule has 1 heterocycles. The molecule has 1 saturated heterocycles. The molecule has 4 rings (SSSR count). The summed E-state index contributed by atoms with van der Waals surface area (Å²) < 4.78 is 34.2. The third-order valence-electron chi connectivity index (χ3n) is 5.38. The van der Waals surface area contributed by atoms with E-state index in [1.165, 1.54) is 4.31 Å². The summed E-state index contributed by atoms with van der Waals surface area (Å²) in [5, 5.41) is 8.89. The molecule has 1 N–H and O–H groups in total. The van der Waals surface area contributed by atoms with Crippen LogP contribution in [0, 0.1) is 0 Å². The summed E-state index contributed by atoms with van der Waals surface area (Å²) in [6, 6.07) is 25.5. The Bertz CT molecular complexity index is 1160. The molecule has 6 nitrogen and oxygen atoms in total. The molecule has 0 unspecified atom stereocenters. The molecule has 31 heavy (non-hydrogen) atoms. The zero-order valence-corrected chi connectivity index (χ0v) is 17.7. The van der Waals surface area contributed by atoms with Crippen molar-refractivity contribution < 1.29 is 23.1 Å². The first-order chi connectivity index (χ1) is 14.9. The van der Waals surface area contributed by atoms with Crippen LogP contribution in [0.5, 0.6) is 5.75 Å². The molecule has 0 saturated carbocycles. The summed E-state index contributed by atoms with van der Waals surface area (Å²) in [7, 11) is -3.73. The standard InChI is InChI=1S/C24H23NO5S/c26-23(27)15-14-19-8-7-13-22(16-19)31(28,29)25-17-24(18-25,20-9-3-1-4-10-20)30-21-11-5-2-6-12-21/h1-13,16H,14-15,17-18H2,(H,26,27). The minimum Gasteiger partial charge on any atom is -0.481 e. The molecule has 0 aromatic heterocycles. The molecule has 0 amide bonds. The number of sulfonamides is 1. The highest BCUT2D eigenvalue weighted by Gasteiger charge is 2.52. The molecule has 0 atom stereocenters. The van der Waals surface area contributed by atoms with E-state index in [4.69, 9.17) is 9.84 Å². The fraction of sp³-hybridized carbons (Fsp3) is 0.208. The molecule has 0 bridgehead atoms. The summed E-state index contributed by atoms with van der Waals surface area (Å²) in [5.41, 5.74) is 0.829. The van der Waals surface area contributed by atoms with E-state index in [9.17, 15) is 13.2 Å². The Balaban J connectivity index is 1.58. The number of aliphatic carboxylic acids is 1. The molecular weight excluding hydrogens is 414 g/mol. The minimum absolute atomic E-state index is 0.0464. The summed E-state index contributed by atoms with van der Waals surface area (Å²) >= 11 is 0. The number of carboxylic acids is 1. The number of carboxylic acid groups (broad SMARTS) is 1. The Labute approximate surface area is 181 Å². The Kier molecular flexibility index (Phi) is 5.80. The average Bonchev–Trinajstić information content (AvgIpc) is 2.76. The summed E-state index contributed by atoms with van der Waals surface area (Å²) in [4.78, 5) is 11.0. The lowest BCUT2D eigenvalue weighted by molar-refractivity contribution is -0.136.